The van der Waals surface area contributed by atoms with Crippen LogP contribution in [0.2, 0.25) is 0 Å². The third kappa shape index (κ3) is 3.81. The highest BCUT2D eigenvalue weighted by Gasteiger charge is 2.19. The van der Waals surface area contributed by atoms with Crippen LogP contribution in [0.4, 0.5) is 0 Å². The summed E-state index contributed by atoms with van der Waals surface area (Å²) >= 11 is 0. The summed E-state index contributed by atoms with van der Waals surface area (Å²) in [6.07, 6.45) is 3.79. The van der Waals surface area contributed by atoms with Crippen LogP contribution >= 0.6 is 0 Å². The molecule has 1 rings (SSSR count). The fourth-order valence-corrected chi connectivity index (χ4v) is 1.87. The number of carbonyl (C=O) groups excluding carboxylic acids is 1. The van der Waals surface area contributed by atoms with E-state index in [1.165, 1.54) is 6.42 Å². The Morgan fingerprint density at radius 3 is 2.44 bits per heavy atom. The van der Waals surface area contributed by atoms with Gasteiger partial charge in [0.15, 0.2) is 0 Å². The van der Waals surface area contributed by atoms with Crippen molar-refractivity contribution in [3.8, 4) is 0 Å². The van der Waals surface area contributed by atoms with E-state index < -0.39 is 12.0 Å². The zero-order valence-corrected chi connectivity index (χ0v) is 9.74. The van der Waals surface area contributed by atoms with Gasteiger partial charge in [0.25, 0.3) is 0 Å². The fourth-order valence-electron chi connectivity index (χ4n) is 1.87. The van der Waals surface area contributed by atoms with E-state index in [0.29, 0.717) is 6.42 Å². The average molecular weight is 228 g/mol. The van der Waals surface area contributed by atoms with E-state index in [0.717, 1.165) is 25.9 Å². The summed E-state index contributed by atoms with van der Waals surface area (Å²) in [4.78, 5) is 24.3. The Morgan fingerprint density at radius 1 is 1.31 bits per heavy atom. The number of nitrogens with zero attached hydrogens (tertiary/aromatic N) is 1. The molecule has 1 saturated heterocycles. The zero-order valence-electron chi connectivity index (χ0n) is 9.74. The molecule has 1 unspecified atom stereocenters. The first-order valence-electron chi connectivity index (χ1n) is 5.89. The molecule has 1 atom stereocenters. The summed E-state index contributed by atoms with van der Waals surface area (Å²) in [5, 5.41) is 11.6. The van der Waals surface area contributed by atoms with Crippen LogP contribution in [0.15, 0.2) is 0 Å². The lowest BCUT2D eigenvalue weighted by atomic mass is 10.1. The van der Waals surface area contributed by atoms with Gasteiger partial charge in [-0.15, -0.1) is 0 Å². The number of carboxylic acids is 1. The van der Waals surface area contributed by atoms with E-state index in [9.17, 15) is 9.59 Å². The summed E-state index contributed by atoms with van der Waals surface area (Å²) in [6.45, 7) is 3.54. The predicted octanol–water partition coefficient (Wildman–Crippen LogP) is 0.452. The van der Waals surface area contributed by atoms with Crippen molar-refractivity contribution in [1.82, 2.24) is 10.2 Å². The maximum absolute atomic E-state index is 11.7. The van der Waals surface area contributed by atoms with Crippen LogP contribution in [0.3, 0.4) is 0 Å². The number of carboxylic acid groups (broad SMARTS) is 1. The number of piperidine rings is 1. The van der Waals surface area contributed by atoms with Crippen molar-refractivity contribution in [3.63, 3.8) is 0 Å². The number of likely N-dealkylation sites (tertiary alicyclic amines) is 1. The predicted molar refractivity (Wildman–Crippen MR) is 60.1 cm³/mol. The summed E-state index contributed by atoms with van der Waals surface area (Å²) < 4.78 is 0. The number of nitrogens with one attached hydrogen (secondary N) is 1. The van der Waals surface area contributed by atoms with Gasteiger partial charge in [0.1, 0.15) is 6.04 Å². The Morgan fingerprint density at radius 2 is 1.94 bits per heavy atom. The molecule has 1 amide bonds. The van der Waals surface area contributed by atoms with Gasteiger partial charge in [-0.3, -0.25) is 14.9 Å². The SMILES string of the molecule is CCC(NCC(=O)N1CCCCC1)C(=O)O. The molecule has 0 aromatic carbocycles. The van der Waals surface area contributed by atoms with Gasteiger partial charge in [-0.05, 0) is 25.7 Å². The Labute approximate surface area is 95.8 Å². The molecule has 0 aromatic rings. The third-order valence-corrected chi connectivity index (χ3v) is 2.91. The van der Waals surface area contributed by atoms with Gasteiger partial charge in [0.2, 0.25) is 5.91 Å². The minimum Gasteiger partial charge on any atom is -0.480 e. The molecule has 16 heavy (non-hydrogen) atoms. The molecule has 92 valence electrons. The molecule has 1 heterocycles. The van der Waals surface area contributed by atoms with E-state index in [2.05, 4.69) is 5.32 Å². The van der Waals surface area contributed by atoms with Crippen LogP contribution in [0, 0.1) is 0 Å². The molecule has 0 spiro atoms. The molecular weight excluding hydrogens is 208 g/mol. The summed E-state index contributed by atoms with van der Waals surface area (Å²) in [5.41, 5.74) is 0. The van der Waals surface area contributed by atoms with Crippen LogP contribution in [0.1, 0.15) is 32.6 Å². The first-order chi connectivity index (χ1) is 7.65. The minimum atomic E-state index is -0.894. The average Bonchev–Trinajstić information content (AvgIpc) is 2.30. The minimum absolute atomic E-state index is 0.0133. The number of hydrogen-bond donors (Lipinski definition) is 2. The number of hydrogen-bond acceptors (Lipinski definition) is 3. The molecule has 1 aliphatic rings. The van der Waals surface area contributed by atoms with Crippen molar-refractivity contribution >= 4 is 11.9 Å². The van der Waals surface area contributed by atoms with E-state index in [1.54, 1.807) is 6.92 Å². The number of amides is 1. The third-order valence-electron chi connectivity index (χ3n) is 2.91. The van der Waals surface area contributed by atoms with Crippen LogP contribution in [0.5, 0.6) is 0 Å². The molecule has 1 aliphatic heterocycles. The summed E-state index contributed by atoms with van der Waals surface area (Å²) in [5.74, 6) is -0.881. The first kappa shape index (κ1) is 13.0. The Kier molecular flexibility index (Phi) is 5.25. The molecule has 0 saturated carbocycles. The van der Waals surface area contributed by atoms with Crippen LogP contribution in [-0.2, 0) is 9.59 Å². The van der Waals surface area contributed by atoms with Gasteiger partial charge in [-0.25, -0.2) is 0 Å². The normalized spacial score (nSPS) is 18.2. The highest BCUT2D eigenvalue weighted by molar-refractivity contribution is 5.80. The van der Waals surface area contributed by atoms with Crippen molar-refractivity contribution in [2.75, 3.05) is 19.6 Å². The standard InChI is InChI=1S/C11H20N2O3/c1-2-9(11(15)16)12-8-10(14)13-6-4-3-5-7-13/h9,12H,2-8H2,1H3,(H,15,16). The van der Waals surface area contributed by atoms with E-state index in [1.807, 2.05) is 4.90 Å². The molecule has 0 aliphatic carbocycles. The molecule has 1 fully saturated rings. The van der Waals surface area contributed by atoms with Crippen molar-refractivity contribution in [3.05, 3.63) is 0 Å². The maximum Gasteiger partial charge on any atom is 0.320 e. The molecule has 0 bridgehead atoms. The first-order valence-corrected chi connectivity index (χ1v) is 5.89. The molecule has 5 heteroatoms. The molecule has 2 N–H and O–H groups in total. The van der Waals surface area contributed by atoms with Crippen LogP contribution in [-0.4, -0.2) is 47.6 Å². The second kappa shape index (κ2) is 6.48. The topological polar surface area (TPSA) is 69.6 Å². The quantitative estimate of drug-likeness (QED) is 0.717. The fraction of sp³-hybridized carbons (Fsp3) is 0.818. The van der Waals surface area contributed by atoms with Gasteiger partial charge in [0.05, 0.1) is 6.54 Å². The highest BCUT2D eigenvalue weighted by atomic mass is 16.4. The van der Waals surface area contributed by atoms with Gasteiger partial charge in [0, 0.05) is 13.1 Å². The Balaban J connectivity index is 2.30. The number of rotatable bonds is 5. The molecule has 0 radical (unpaired) electrons. The van der Waals surface area contributed by atoms with Gasteiger partial charge in [-0.2, -0.15) is 0 Å². The number of aliphatic carboxylic acids is 1. The van der Waals surface area contributed by atoms with Crippen molar-refractivity contribution in [2.24, 2.45) is 0 Å². The Bertz CT molecular complexity index is 250. The van der Waals surface area contributed by atoms with Gasteiger partial charge in [-0.1, -0.05) is 6.92 Å². The van der Waals surface area contributed by atoms with E-state index >= 15 is 0 Å². The molecular formula is C11H20N2O3. The molecule has 5 nitrogen and oxygen atoms in total. The smallest absolute Gasteiger partial charge is 0.320 e. The second-order valence-corrected chi connectivity index (χ2v) is 4.12. The summed E-state index contributed by atoms with van der Waals surface area (Å²) in [6, 6.07) is -0.617. The lowest BCUT2D eigenvalue weighted by Crippen LogP contribution is -2.45. The zero-order chi connectivity index (χ0) is 12.0. The second-order valence-electron chi connectivity index (χ2n) is 4.12. The highest BCUT2D eigenvalue weighted by Crippen LogP contribution is 2.08. The van der Waals surface area contributed by atoms with E-state index in [-0.39, 0.29) is 12.5 Å². The van der Waals surface area contributed by atoms with Gasteiger partial charge >= 0.3 is 5.97 Å². The lowest BCUT2D eigenvalue weighted by Gasteiger charge is -2.27. The Hall–Kier alpha value is -1.10. The van der Waals surface area contributed by atoms with Crippen molar-refractivity contribution in [2.45, 2.75) is 38.6 Å². The molecule has 0 aromatic heterocycles. The largest absolute Gasteiger partial charge is 0.480 e. The lowest BCUT2D eigenvalue weighted by molar-refractivity contribution is -0.139. The maximum atomic E-state index is 11.7. The van der Waals surface area contributed by atoms with Crippen molar-refractivity contribution in [1.29, 1.82) is 0 Å². The number of carbonyl (C=O) groups is 2. The monoisotopic (exact) mass is 228 g/mol. The van der Waals surface area contributed by atoms with E-state index in [4.69, 9.17) is 5.11 Å². The van der Waals surface area contributed by atoms with Crippen LogP contribution in [0.25, 0.3) is 0 Å². The van der Waals surface area contributed by atoms with Crippen LogP contribution < -0.4 is 5.32 Å². The summed E-state index contributed by atoms with van der Waals surface area (Å²) in [7, 11) is 0. The van der Waals surface area contributed by atoms with Crippen molar-refractivity contribution < 1.29 is 14.7 Å². The van der Waals surface area contributed by atoms with Gasteiger partial charge < -0.3 is 10.0 Å².